The minimum atomic E-state index is -4.07. The highest BCUT2D eigenvalue weighted by molar-refractivity contribution is 7.91. The molecule has 0 unspecified atom stereocenters. The summed E-state index contributed by atoms with van der Waals surface area (Å²) in [5.41, 5.74) is 2.52. The van der Waals surface area contributed by atoms with Crippen LogP contribution in [0.1, 0.15) is 11.1 Å². The van der Waals surface area contributed by atoms with Crippen molar-refractivity contribution in [2.45, 2.75) is 23.3 Å². The summed E-state index contributed by atoms with van der Waals surface area (Å²) in [7, 11) is -0.941. The summed E-state index contributed by atoms with van der Waals surface area (Å²) in [6.07, 6.45) is 0.552. The van der Waals surface area contributed by atoms with Gasteiger partial charge in [0.15, 0.2) is 11.5 Å². The number of halogens is 1. The van der Waals surface area contributed by atoms with Crippen molar-refractivity contribution in [3.8, 4) is 23.0 Å². The van der Waals surface area contributed by atoms with E-state index in [9.17, 15) is 12.8 Å². The van der Waals surface area contributed by atoms with E-state index < -0.39 is 15.7 Å². The van der Waals surface area contributed by atoms with E-state index in [4.69, 9.17) is 13.9 Å². The third-order valence-corrected chi connectivity index (χ3v) is 7.18. The van der Waals surface area contributed by atoms with Gasteiger partial charge in [-0.3, -0.25) is 0 Å². The molecule has 1 heterocycles. The maximum Gasteiger partial charge on any atom is 0.233 e. The van der Waals surface area contributed by atoms with E-state index in [-0.39, 0.29) is 21.7 Å². The molecule has 182 valence electrons. The summed E-state index contributed by atoms with van der Waals surface area (Å²) in [6, 6.07) is 17.6. The molecule has 35 heavy (non-hydrogen) atoms. The van der Waals surface area contributed by atoms with Crippen LogP contribution >= 0.6 is 0 Å². The van der Waals surface area contributed by atoms with Gasteiger partial charge in [-0.25, -0.2) is 12.8 Å². The van der Waals surface area contributed by atoms with E-state index in [2.05, 4.69) is 10.3 Å². The van der Waals surface area contributed by atoms with E-state index in [0.717, 1.165) is 23.3 Å². The molecule has 0 spiro atoms. The molecular formula is C26H25FN2O5S. The van der Waals surface area contributed by atoms with Crippen LogP contribution in [0.4, 0.5) is 10.3 Å². The molecule has 0 fully saturated rings. The smallest absolute Gasteiger partial charge is 0.233 e. The van der Waals surface area contributed by atoms with Crippen molar-refractivity contribution in [2.75, 3.05) is 26.1 Å². The first-order valence-corrected chi connectivity index (χ1v) is 12.3. The molecule has 3 aromatic carbocycles. The van der Waals surface area contributed by atoms with Crippen molar-refractivity contribution in [3.63, 3.8) is 0 Å². The molecule has 0 saturated carbocycles. The van der Waals surface area contributed by atoms with Crippen LogP contribution in [0.15, 0.2) is 81.1 Å². The summed E-state index contributed by atoms with van der Waals surface area (Å²) in [6.45, 7) is 2.25. The summed E-state index contributed by atoms with van der Waals surface area (Å²) < 4.78 is 56.7. The molecule has 0 aliphatic rings. The van der Waals surface area contributed by atoms with Gasteiger partial charge in [0.25, 0.3) is 0 Å². The van der Waals surface area contributed by atoms with Gasteiger partial charge in [-0.2, -0.15) is 4.98 Å². The minimum absolute atomic E-state index is 0.0213. The lowest BCUT2D eigenvalue weighted by Gasteiger charge is -2.10. The summed E-state index contributed by atoms with van der Waals surface area (Å²) >= 11 is 0. The number of anilines is 1. The molecule has 0 aliphatic carbocycles. The second-order valence-corrected chi connectivity index (χ2v) is 9.66. The van der Waals surface area contributed by atoms with Crippen LogP contribution in [0.3, 0.4) is 0 Å². The monoisotopic (exact) mass is 496 g/mol. The van der Waals surface area contributed by atoms with Gasteiger partial charge in [-0.15, -0.1) is 0 Å². The maximum absolute atomic E-state index is 13.4. The fourth-order valence-corrected chi connectivity index (χ4v) is 4.89. The second kappa shape index (κ2) is 10.2. The number of nitrogens with zero attached hydrogens (tertiary/aromatic N) is 1. The molecule has 0 saturated heterocycles. The van der Waals surface area contributed by atoms with Crippen LogP contribution in [0, 0.1) is 12.7 Å². The van der Waals surface area contributed by atoms with Crippen molar-refractivity contribution in [2.24, 2.45) is 0 Å². The van der Waals surface area contributed by atoms with Crippen molar-refractivity contribution in [1.82, 2.24) is 4.98 Å². The highest BCUT2D eigenvalue weighted by Gasteiger charge is 2.29. The van der Waals surface area contributed by atoms with Crippen molar-refractivity contribution >= 4 is 15.7 Å². The first kappa shape index (κ1) is 24.3. The molecule has 0 radical (unpaired) electrons. The van der Waals surface area contributed by atoms with E-state index in [1.54, 1.807) is 14.2 Å². The average Bonchev–Trinajstić information content (AvgIpc) is 3.29. The van der Waals surface area contributed by atoms with Gasteiger partial charge in [-0.05, 0) is 66.9 Å². The Morgan fingerprint density at radius 3 is 2.37 bits per heavy atom. The number of aromatic nitrogens is 1. The molecule has 4 aromatic rings. The molecule has 1 aromatic heterocycles. The topological polar surface area (TPSA) is 90.7 Å². The number of sulfone groups is 1. The predicted molar refractivity (Wildman–Crippen MR) is 130 cm³/mol. The molecule has 0 aliphatic heterocycles. The Balaban J connectivity index is 1.66. The number of aryl methyl sites for hydroxylation is 1. The molecule has 1 N–H and O–H groups in total. The third-order valence-electron chi connectivity index (χ3n) is 5.50. The van der Waals surface area contributed by atoms with E-state index >= 15 is 0 Å². The third kappa shape index (κ3) is 5.14. The number of benzene rings is 3. The highest BCUT2D eigenvalue weighted by Crippen LogP contribution is 2.34. The highest BCUT2D eigenvalue weighted by atomic mass is 32.2. The number of hydrogen-bond acceptors (Lipinski definition) is 7. The Labute approximate surface area is 203 Å². The lowest BCUT2D eigenvalue weighted by atomic mass is 10.1. The summed E-state index contributed by atoms with van der Waals surface area (Å²) in [4.78, 5) is 4.26. The number of oxazole rings is 1. The predicted octanol–water partition coefficient (Wildman–Crippen LogP) is 5.29. The van der Waals surface area contributed by atoms with Crippen molar-refractivity contribution in [3.05, 3.63) is 83.7 Å². The van der Waals surface area contributed by atoms with Crippen LogP contribution in [0.5, 0.6) is 11.5 Å². The Kier molecular flexibility index (Phi) is 7.07. The fraction of sp³-hybridized carbons (Fsp3) is 0.192. The van der Waals surface area contributed by atoms with Crippen LogP contribution in [0.2, 0.25) is 0 Å². The lowest BCUT2D eigenvalue weighted by Crippen LogP contribution is -2.10. The summed E-state index contributed by atoms with van der Waals surface area (Å²) in [5.74, 6) is 0.893. The number of rotatable bonds is 9. The van der Waals surface area contributed by atoms with Crippen LogP contribution in [0.25, 0.3) is 11.5 Å². The zero-order chi connectivity index (χ0) is 25.0. The molecule has 0 amide bonds. The minimum Gasteiger partial charge on any atom is -0.493 e. The molecular weight excluding hydrogens is 471 g/mol. The van der Waals surface area contributed by atoms with Gasteiger partial charge in [0.2, 0.25) is 26.6 Å². The van der Waals surface area contributed by atoms with Gasteiger partial charge in [0, 0.05) is 12.1 Å². The number of methoxy groups -OCH3 is 2. The van der Waals surface area contributed by atoms with Gasteiger partial charge in [-0.1, -0.05) is 24.3 Å². The van der Waals surface area contributed by atoms with E-state index in [1.165, 1.54) is 12.1 Å². The van der Waals surface area contributed by atoms with Crippen LogP contribution in [-0.2, 0) is 16.3 Å². The zero-order valence-electron chi connectivity index (χ0n) is 19.5. The molecule has 9 heteroatoms. The second-order valence-electron chi connectivity index (χ2n) is 7.79. The van der Waals surface area contributed by atoms with E-state index in [1.807, 2.05) is 49.4 Å². The summed E-state index contributed by atoms with van der Waals surface area (Å²) in [5, 5.41) is 2.82. The Hall–Kier alpha value is -3.85. The van der Waals surface area contributed by atoms with Gasteiger partial charge < -0.3 is 19.2 Å². The first-order valence-electron chi connectivity index (χ1n) is 10.9. The lowest BCUT2D eigenvalue weighted by molar-refractivity contribution is 0.354. The first-order chi connectivity index (χ1) is 16.8. The number of hydrogen-bond donors (Lipinski definition) is 1. The molecule has 0 atom stereocenters. The quantitative estimate of drug-likeness (QED) is 0.315. The largest absolute Gasteiger partial charge is 0.493 e. The molecule has 4 rings (SSSR count). The molecule has 0 bridgehead atoms. The SMILES string of the molecule is COc1ccc(CCNc2oc(-c3ccccc3C)nc2S(=O)(=O)c2ccc(F)cc2)cc1OC. The number of nitrogens with one attached hydrogen (secondary N) is 1. The van der Waals surface area contributed by atoms with Crippen LogP contribution in [-0.4, -0.2) is 34.2 Å². The molecule has 7 nitrogen and oxygen atoms in total. The van der Waals surface area contributed by atoms with Gasteiger partial charge in [0.05, 0.1) is 19.1 Å². The van der Waals surface area contributed by atoms with Crippen molar-refractivity contribution < 1.29 is 26.7 Å². The number of ether oxygens (including phenoxy) is 2. The van der Waals surface area contributed by atoms with Crippen LogP contribution < -0.4 is 14.8 Å². The standard InChI is InChI=1S/C26H25FN2O5S/c1-17-6-4-5-7-21(17)24-29-26(35(30,31)20-11-9-19(27)10-12-20)25(34-24)28-15-14-18-8-13-22(32-2)23(16-18)33-3/h4-13,16,28H,14-15H2,1-3H3. The Morgan fingerprint density at radius 2 is 1.69 bits per heavy atom. The average molecular weight is 497 g/mol. The van der Waals surface area contributed by atoms with Gasteiger partial charge in [0.1, 0.15) is 5.82 Å². The zero-order valence-corrected chi connectivity index (χ0v) is 20.4. The van der Waals surface area contributed by atoms with Crippen molar-refractivity contribution in [1.29, 1.82) is 0 Å². The fourth-order valence-electron chi connectivity index (χ4n) is 3.61. The Bertz CT molecular complexity index is 1430. The van der Waals surface area contributed by atoms with Gasteiger partial charge >= 0.3 is 0 Å². The Morgan fingerprint density at radius 1 is 0.971 bits per heavy atom. The normalized spacial score (nSPS) is 11.3. The van der Waals surface area contributed by atoms with E-state index in [0.29, 0.717) is 30.0 Å². The maximum atomic E-state index is 13.4.